The molecule has 131 heavy (non-hydrogen) atoms. The van der Waals surface area contributed by atoms with Crippen molar-refractivity contribution in [2.24, 2.45) is 93.2 Å². The molecule has 0 aliphatic heterocycles. The number of hydrogen-bond acceptors (Lipinski definition) is 24. The number of amides is 16. The molecule has 756 valence electrons. The third-order valence-corrected chi connectivity index (χ3v) is 21.6. The fourth-order valence-corrected chi connectivity index (χ4v) is 14.6. The third-order valence-electron chi connectivity index (χ3n) is 21.6. The van der Waals surface area contributed by atoms with Gasteiger partial charge in [-0.25, -0.2) is 0 Å². The lowest BCUT2D eigenvalue weighted by Gasteiger charge is -2.30. The molecule has 0 aliphatic rings. The van der Waals surface area contributed by atoms with Crippen LogP contribution >= 0.6 is 0 Å². The molecule has 0 aromatic heterocycles. The standard InChI is InChI=1S/C91H176N24O16/c1-53(2)44-62(99)78(118)103-63(30-18-24-36-92)79(119)104-65(32-20-26-38-94)81(121)110-73(49-58(11)12)89(129)115-72(48-57(9)10)88(128)108-68(35-23-29-41-97)84(124)112-75(51-60(15)16)91(131)113-70(46-55(5)6)86(126)106-64(31-19-25-37-93)80(120)105-66(33-21-27-39-95)82(122)111-74(50-59(13)14)90(130)114-71(47-56(7)8)87(127)107-67(34-22-28-40-96)83(123)109-69(45-54(3)4)85(125)102-61(17)77(117)101-52-76(116)100-43-42-98/h53-75H,18-52,92-99H2,1-17H3,(H,100,116)(H,101,117)(H,102,125)(H,103,118)(H,104,119)(H,105,120)(H,106,126)(H,107,127)(H,108,128)(H,109,123)(H,110,121)(H,111,122)(H,112,124)(H,113,131)(H,114,130)(H,115,129)/t61-,62-,63-,64-,65-,66-,67-,68-,69-,70-,71-,72-,73-,74-,75-/m0/s1. The van der Waals surface area contributed by atoms with E-state index < -0.39 is 185 Å². The largest absolute Gasteiger partial charge is 0.353 e. The van der Waals surface area contributed by atoms with Gasteiger partial charge in [-0.05, 0) is 260 Å². The van der Waals surface area contributed by atoms with Crippen LogP contribution in [-0.2, 0) is 76.7 Å². The molecule has 0 rings (SSSR count). The van der Waals surface area contributed by atoms with E-state index in [1.807, 2.05) is 111 Å². The number of nitrogens with two attached hydrogens (primary N) is 8. The van der Waals surface area contributed by atoms with Crippen LogP contribution in [0.4, 0.5) is 0 Å². The van der Waals surface area contributed by atoms with E-state index in [0.29, 0.717) is 96.6 Å². The molecular weight excluding hydrogens is 1690 g/mol. The molecule has 15 atom stereocenters. The van der Waals surface area contributed by atoms with Gasteiger partial charge in [0.25, 0.3) is 0 Å². The number of nitrogens with one attached hydrogen (secondary N) is 16. The normalized spacial score (nSPS) is 15.0. The molecule has 0 saturated carbocycles. The molecule has 0 aliphatic carbocycles. The summed E-state index contributed by atoms with van der Waals surface area (Å²) in [6.45, 7) is 32.5. The molecule has 0 unspecified atom stereocenters. The predicted molar refractivity (Wildman–Crippen MR) is 509 cm³/mol. The molecule has 16 amide bonds. The van der Waals surface area contributed by atoms with E-state index >= 15 is 0 Å². The van der Waals surface area contributed by atoms with Crippen LogP contribution in [0.25, 0.3) is 0 Å². The Hall–Kier alpha value is -8.80. The van der Waals surface area contributed by atoms with Crippen LogP contribution in [0.3, 0.4) is 0 Å². The number of rotatable bonds is 73. The summed E-state index contributed by atoms with van der Waals surface area (Å²) >= 11 is 0. The minimum absolute atomic E-state index is 0.0166. The molecule has 0 radical (unpaired) electrons. The Balaban J connectivity index is 7.41. The van der Waals surface area contributed by atoms with Gasteiger partial charge in [0, 0.05) is 13.1 Å². The van der Waals surface area contributed by atoms with Crippen LogP contribution in [0.15, 0.2) is 0 Å². The molecule has 0 fully saturated rings. The molecule has 0 spiro atoms. The van der Waals surface area contributed by atoms with Gasteiger partial charge in [-0.3, -0.25) is 76.7 Å². The zero-order valence-corrected chi connectivity index (χ0v) is 82.2. The van der Waals surface area contributed by atoms with Gasteiger partial charge in [-0.1, -0.05) is 111 Å². The van der Waals surface area contributed by atoms with E-state index in [1.54, 1.807) is 0 Å². The van der Waals surface area contributed by atoms with Crippen LogP contribution in [0, 0.1) is 47.3 Å². The quantitative estimate of drug-likeness (QED) is 0.0340. The zero-order chi connectivity index (χ0) is 99.6. The second kappa shape index (κ2) is 69.1. The number of carbonyl (C=O) groups excluding carboxylic acids is 16. The van der Waals surface area contributed by atoms with Gasteiger partial charge >= 0.3 is 0 Å². The van der Waals surface area contributed by atoms with Crippen molar-refractivity contribution in [1.29, 1.82) is 0 Å². The van der Waals surface area contributed by atoms with Crippen molar-refractivity contribution in [2.75, 3.05) is 58.9 Å². The number of carbonyl (C=O) groups is 16. The van der Waals surface area contributed by atoms with Crippen molar-refractivity contribution in [2.45, 2.75) is 375 Å². The smallest absolute Gasteiger partial charge is 0.243 e. The van der Waals surface area contributed by atoms with Gasteiger partial charge in [0.1, 0.15) is 84.6 Å². The molecule has 0 heterocycles. The van der Waals surface area contributed by atoms with Gasteiger partial charge in [-0.2, -0.15) is 0 Å². The van der Waals surface area contributed by atoms with Crippen LogP contribution in [0.2, 0.25) is 0 Å². The van der Waals surface area contributed by atoms with E-state index in [9.17, 15) is 76.7 Å². The molecule has 40 nitrogen and oxygen atoms in total. The van der Waals surface area contributed by atoms with Crippen molar-refractivity contribution in [3.63, 3.8) is 0 Å². The summed E-state index contributed by atoms with van der Waals surface area (Å²) in [5.74, 6) is -12.6. The van der Waals surface area contributed by atoms with Crippen LogP contribution in [0.1, 0.15) is 285 Å². The maximum Gasteiger partial charge on any atom is 0.243 e. The van der Waals surface area contributed by atoms with E-state index in [4.69, 9.17) is 45.9 Å². The molecule has 32 N–H and O–H groups in total. The van der Waals surface area contributed by atoms with Gasteiger partial charge in [0.2, 0.25) is 94.5 Å². The Morgan fingerprint density at radius 3 is 0.534 bits per heavy atom. The summed E-state index contributed by atoms with van der Waals surface area (Å²) in [5, 5.41) is 44.3. The molecule has 40 heteroatoms. The lowest BCUT2D eigenvalue weighted by molar-refractivity contribution is -0.137. The fourth-order valence-electron chi connectivity index (χ4n) is 14.6. The summed E-state index contributed by atoms with van der Waals surface area (Å²) in [7, 11) is 0. The second-order valence-corrected chi connectivity index (χ2v) is 38.2. The monoisotopic (exact) mass is 1860 g/mol. The summed E-state index contributed by atoms with van der Waals surface area (Å²) in [4.78, 5) is 229. The van der Waals surface area contributed by atoms with Gasteiger partial charge in [-0.15, -0.1) is 0 Å². The maximum absolute atomic E-state index is 14.9. The molecule has 0 aromatic rings. The highest BCUT2D eigenvalue weighted by molar-refractivity contribution is 6.01. The average Bonchev–Trinajstić information content (AvgIpc) is 0.853. The minimum Gasteiger partial charge on any atom is -0.353 e. The van der Waals surface area contributed by atoms with Crippen molar-refractivity contribution < 1.29 is 76.7 Å². The van der Waals surface area contributed by atoms with Gasteiger partial charge in [0.05, 0.1) is 12.6 Å². The van der Waals surface area contributed by atoms with Crippen molar-refractivity contribution in [3.05, 3.63) is 0 Å². The Bertz CT molecular complexity index is 3430. The molecule has 0 saturated heterocycles. The van der Waals surface area contributed by atoms with Crippen LogP contribution < -0.4 is 131 Å². The highest BCUT2D eigenvalue weighted by atomic mass is 16.2. The predicted octanol–water partition coefficient (Wildman–Crippen LogP) is -0.545. The fraction of sp³-hybridized carbons (Fsp3) is 0.824. The lowest BCUT2D eigenvalue weighted by Crippen LogP contribution is -2.61. The summed E-state index contributed by atoms with van der Waals surface area (Å²) < 4.78 is 0. The first kappa shape index (κ1) is 122. The van der Waals surface area contributed by atoms with Gasteiger partial charge in [0.15, 0.2) is 0 Å². The van der Waals surface area contributed by atoms with E-state index in [2.05, 4.69) is 85.1 Å². The van der Waals surface area contributed by atoms with Crippen molar-refractivity contribution in [3.8, 4) is 0 Å². The topological polar surface area (TPSA) is 674 Å². The Morgan fingerprint density at radius 2 is 0.359 bits per heavy atom. The summed E-state index contributed by atoms with van der Waals surface area (Å²) in [6.07, 6.45) is 6.43. The molecule has 0 bridgehead atoms. The third kappa shape index (κ3) is 54.2. The molecular formula is C91H176N24O16. The van der Waals surface area contributed by atoms with E-state index in [0.717, 1.165) is 0 Å². The first-order valence-electron chi connectivity index (χ1n) is 48.2. The van der Waals surface area contributed by atoms with Crippen molar-refractivity contribution >= 4 is 94.5 Å². The van der Waals surface area contributed by atoms with E-state index in [1.165, 1.54) is 6.92 Å². The summed E-state index contributed by atoms with van der Waals surface area (Å²) in [6, 6.07) is -18.4. The minimum atomic E-state index is -1.33. The zero-order valence-electron chi connectivity index (χ0n) is 82.2. The number of hydrogen-bond donors (Lipinski definition) is 24. The Labute approximate surface area is 780 Å². The summed E-state index contributed by atoms with van der Waals surface area (Å²) in [5.41, 5.74) is 47.0. The highest BCUT2D eigenvalue weighted by Crippen LogP contribution is 2.19. The van der Waals surface area contributed by atoms with Crippen LogP contribution in [-0.4, -0.2) is 244 Å². The highest BCUT2D eigenvalue weighted by Gasteiger charge is 2.40. The lowest BCUT2D eigenvalue weighted by atomic mass is 9.98. The SMILES string of the molecule is CC(C)C[C@H](NC(=O)[C@H](CCCCN)NC(=O)[C@H](CC(C)C)NC(=O)[C@H](CC(C)C)NC(=O)[C@H](CCCCN)NC(=O)[C@H](CCCCN)NC(=O)[C@H](CC(C)C)NC(=O)[C@H](CC(C)C)NC(=O)[C@H](CCCCN)NC(=O)[C@H](CC(C)C)NC(=O)[C@H](CC(C)C)NC(=O)[C@H](CCCCN)NC(=O)[C@H](CCCCN)NC(=O)[C@@H](N)CC(C)C)C(=O)N[C@@H](C)C(=O)NCC(=O)NCCN. The first-order valence-corrected chi connectivity index (χ1v) is 48.2. The molecule has 0 aromatic carbocycles. The Morgan fingerprint density at radius 1 is 0.191 bits per heavy atom. The number of unbranched alkanes of at least 4 members (excludes halogenated alkanes) is 6. The Kier molecular flexibility index (Phi) is 64.5. The first-order chi connectivity index (χ1) is 61.7. The van der Waals surface area contributed by atoms with E-state index in [-0.39, 0.29) is 177 Å². The maximum atomic E-state index is 14.9. The second-order valence-electron chi connectivity index (χ2n) is 38.2. The van der Waals surface area contributed by atoms with Crippen molar-refractivity contribution in [1.82, 2.24) is 85.1 Å². The van der Waals surface area contributed by atoms with Crippen LogP contribution in [0.5, 0.6) is 0 Å². The van der Waals surface area contributed by atoms with Gasteiger partial charge < -0.3 is 131 Å². The average molecular weight is 1860 g/mol.